The van der Waals surface area contributed by atoms with E-state index in [1.54, 1.807) is 0 Å². The molecule has 0 spiro atoms. The molecule has 88 valence electrons. The first-order valence-corrected chi connectivity index (χ1v) is 4.78. The maximum absolute atomic E-state index is 13.3. The molecule has 0 unspecified atom stereocenters. The van der Waals surface area contributed by atoms with Gasteiger partial charge in [-0.2, -0.15) is 5.10 Å². The molecular formula is C10H9FN4O2. The predicted molar refractivity (Wildman–Crippen MR) is 55.6 cm³/mol. The Balaban J connectivity index is 2.10. The van der Waals surface area contributed by atoms with Crippen LogP contribution >= 0.6 is 0 Å². The topological polar surface area (TPSA) is 90.9 Å². The van der Waals surface area contributed by atoms with Gasteiger partial charge in [0, 0.05) is 0 Å². The molecule has 6 nitrogen and oxygen atoms in total. The van der Waals surface area contributed by atoms with Crippen molar-refractivity contribution in [3.8, 4) is 5.75 Å². The molecule has 0 fully saturated rings. The number of aromatic amines is 1. The van der Waals surface area contributed by atoms with Gasteiger partial charge in [0.2, 0.25) is 0 Å². The van der Waals surface area contributed by atoms with Crippen molar-refractivity contribution in [1.82, 2.24) is 20.5 Å². The van der Waals surface area contributed by atoms with Gasteiger partial charge in [0.25, 0.3) is 5.91 Å². The Bertz CT molecular complexity index is 507. The van der Waals surface area contributed by atoms with Crippen molar-refractivity contribution in [2.45, 2.75) is 6.54 Å². The lowest BCUT2D eigenvalue weighted by Gasteiger charge is -2.06. The minimum Gasteiger partial charge on any atom is -0.507 e. The smallest absolute Gasteiger partial charge is 0.258 e. The van der Waals surface area contributed by atoms with Gasteiger partial charge in [-0.05, 0) is 12.1 Å². The van der Waals surface area contributed by atoms with Gasteiger partial charge in [0.05, 0.1) is 6.54 Å². The van der Waals surface area contributed by atoms with Crippen molar-refractivity contribution in [2.24, 2.45) is 0 Å². The van der Waals surface area contributed by atoms with Crippen molar-refractivity contribution >= 4 is 5.91 Å². The number of amides is 1. The van der Waals surface area contributed by atoms with Gasteiger partial charge >= 0.3 is 0 Å². The number of benzene rings is 1. The third-order valence-corrected chi connectivity index (χ3v) is 2.10. The van der Waals surface area contributed by atoms with Gasteiger partial charge < -0.3 is 10.4 Å². The van der Waals surface area contributed by atoms with Crippen molar-refractivity contribution in [1.29, 1.82) is 0 Å². The Morgan fingerprint density at radius 3 is 3.00 bits per heavy atom. The summed E-state index contributed by atoms with van der Waals surface area (Å²) in [6, 6.07) is 3.66. The fourth-order valence-corrected chi connectivity index (χ4v) is 1.31. The van der Waals surface area contributed by atoms with Crippen LogP contribution in [0.5, 0.6) is 5.75 Å². The first-order chi connectivity index (χ1) is 8.18. The number of halogens is 1. The molecule has 2 aromatic rings. The molecule has 3 N–H and O–H groups in total. The molecule has 0 atom stereocenters. The molecule has 7 heteroatoms. The maximum atomic E-state index is 13.3. The summed E-state index contributed by atoms with van der Waals surface area (Å²) in [5.41, 5.74) is -0.382. The molecule has 0 bridgehead atoms. The highest BCUT2D eigenvalue weighted by molar-refractivity contribution is 5.96. The number of phenols is 1. The van der Waals surface area contributed by atoms with E-state index in [0.717, 1.165) is 6.07 Å². The molecular weight excluding hydrogens is 227 g/mol. The lowest BCUT2D eigenvalue weighted by Crippen LogP contribution is -2.24. The number of hydrogen-bond acceptors (Lipinski definition) is 4. The Labute approximate surface area is 95.5 Å². The molecule has 0 radical (unpaired) electrons. The van der Waals surface area contributed by atoms with Crippen molar-refractivity contribution in [2.75, 3.05) is 0 Å². The molecule has 17 heavy (non-hydrogen) atoms. The minimum absolute atomic E-state index is 0.0760. The SMILES string of the molecule is O=C(NCc1ncn[nH]1)c1c(O)cccc1F. The number of nitrogens with one attached hydrogen (secondary N) is 2. The van der Waals surface area contributed by atoms with Crippen LogP contribution in [0.3, 0.4) is 0 Å². The molecule has 0 saturated heterocycles. The summed E-state index contributed by atoms with van der Waals surface area (Å²) in [4.78, 5) is 15.4. The summed E-state index contributed by atoms with van der Waals surface area (Å²) in [5, 5.41) is 17.9. The monoisotopic (exact) mass is 236 g/mol. The third-order valence-electron chi connectivity index (χ3n) is 2.10. The zero-order valence-corrected chi connectivity index (χ0v) is 8.64. The second-order valence-electron chi connectivity index (χ2n) is 3.25. The second-order valence-corrected chi connectivity index (χ2v) is 3.25. The standard InChI is InChI=1S/C10H9FN4O2/c11-6-2-1-3-7(16)9(6)10(17)12-4-8-13-5-14-15-8/h1-3,5,16H,4H2,(H,12,17)(H,13,14,15). The fourth-order valence-electron chi connectivity index (χ4n) is 1.31. The number of phenolic OH excluding ortho intramolecular Hbond substituents is 1. The maximum Gasteiger partial charge on any atom is 0.258 e. The normalized spacial score (nSPS) is 10.2. The lowest BCUT2D eigenvalue weighted by molar-refractivity contribution is 0.0943. The molecule has 0 aliphatic carbocycles. The number of hydrogen-bond donors (Lipinski definition) is 3. The van der Waals surface area contributed by atoms with Gasteiger partial charge in [0.1, 0.15) is 29.3 Å². The average molecular weight is 236 g/mol. The van der Waals surface area contributed by atoms with E-state index in [1.165, 1.54) is 18.5 Å². The van der Waals surface area contributed by atoms with Crippen LogP contribution in [0, 0.1) is 5.82 Å². The van der Waals surface area contributed by atoms with Crippen LogP contribution in [0.25, 0.3) is 0 Å². The molecule has 2 rings (SSSR count). The molecule has 0 saturated carbocycles. The molecule has 1 aromatic heterocycles. The largest absolute Gasteiger partial charge is 0.507 e. The van der Waals surface area contributed by atoms with Gasteiger partial charge in [-0.1, -0.05) is 6.07 Å². The molecule has 1 heterocycles. The average Bonchev–Trinajstić information content (AvgIpc) is 2.79. The van der Waals surface area contributed by atoms with Gasteiger partial charge in [0.15, 0.2) is 0 Å². The van der Waals surface area contributed by atoms with E-state index in [0.29, 0.717) is 5.82 Å². The summed E-state index contributed by atoms with van der Waals surface area (Å²) < 4.78 is 13.3. The number of carbonyl (C=O) groups excluding carboxylic acids is 1. The second kappa shape index (κ2) is 4.60. The number of aromatic nitrogens is 3. The van der Waals surface area contributed by atoms with E-state index in [4.69, 9.17) is 0 Å². The van der Waals surface area contributed by atoms with E-state index in [-0.39, 0.29) is 12.1 Å². The van der Waals surface area contributed by atoms with E-state index >= 15 is 0 Å². The Morgan fingerprint density at radius 1 is 1.53 bits per heavy atom. The van der Waals surface area contributed by atoms with Crippen molar-refractivity contribution in [3.05, 3.63) is 41.7 Å². The summed E-state index contributed by atoms with van der Waals surface area (Å²) in [5.74, 6) is -1.45. The summed E-state index contributed by atoms with van der Waals surface area (Å²) in [7, 11) is 0. The fraction of sp³-hybridized carbons (Fsp3) is 0.100. The number of aromatic hydroxyl groups is 1. The van der Waals surface area contributed by atoms with Crippen molar-refractivity contribution < 1.29 is 14.3 Å². The van der Waals surface area contributed by atoms with E-state index in [1.807, 2.05) is 0 Å². The Hall–Kier alpha value is -2.44. The number of rotatable bonds is 3. The molecule has 1 amide bonds. The predicted octanol–water partition coefficient (Wildman–Crippen LogP) is 0.579. The highest BCUT2D eigenvalue weighted by Gasteiger charge is 2.16. The van der Waals surface area contributed by atoms with E-state index < -0.39 is 17.5 Å². The summed E-state index contributed by atoms with van der Waals surface area (Å²) in [6.45, 7) is 0.0760. The van der Waals surface area contributed by atoms with Crippen LogP contribution in [0.1, 0.15) is 16.2 Å². The number of nitrogens with zero attached hydrogens (tertiary/aromatic N) is 2. The quantitative estimate of drug-likeness (QED) is 0.727. The molecule has 0 aliphatic heterocycles. The summed E-state index contributed by atoms with van der Waals surface area (Å²) in [6.07, 6.45) is 1.29. The summed E-state index contributed by atoms with van der Waals surface area (Å²) >= 11 is 0. The number of carbonyl (C=O) groups is 1. The highest BCUT2D eigenvalue weighted by atomic mass is 19.1. The van der Waals surface area contributed by atoms with Crippen LogP contribution < -0.4 is 5.32 Å². The van der Waals surface area contributed by atoms with Gasteiger partial charge in [-0.15, -0.1) is 0 Å². The van der Waals surface area contributed by atoms with Crippen LogP contribution in [-0.4, -0.2) is 26.2 Å². The Kier molecular flexibility index (Phi) is 2.99. The first kappa shape index (κ1) is 11.1. The highest BCUT2D eigenvalue weighted by Crippen LogP contribution is 2.19. The minimum atomic E-state index is -0.778. The molecule has 1 aromatic carbocycles. The van der Waals surface area contributed by atoms with Crippen molar-refractivity contribution in [3.63, 3.8) is 0 Å². The third kappa shape index (κ3) is 2.39. The zero-order valence-electron chi connectivity index (χ0n) is 8.64. The van der Waals surface area contributed by atoms with E-state index in [9.17, 15) is 14.3 Å². The van der Waals surface area contributed by atoms with Crippen LogP contribution in [-0.2, 0) is 6.54 Å². The van der Waals surface area contributed by atoms with Crippen LogP contribution in [0.15, 0.2) is 24.5 Å². The van der Waals surface area contributed by atoms with E-state index in [2.05, 4.69) is 20.5 Å². The van der Waals surface area contributed by atoms with Crippen LogP contribution in [0.4, 0.5) is 4.39 Å². The number of H-pyrrole nitrogens is 1. The van der Waals surface area contributed by atoms with Crippen LogP contribution in [0.2, 0.25) is 0 Å². The first-order valence-electron chi connectivity index (χ1n) is 4.78. The van der Waals surface area contributed by atoms with Gasteiger partial charge in [-0.25, -0.2) is 9.37 Å². The Morgan fingerprint density at radius 2 is 2.35 bits per heavy atom. The molecule has 0 aliphatic rings. The lowest BCUT2D eigenvalue weighted by atomic mass is 10.1. The zero-order chi connectivity index (χ0) is 12.3. The van der Waals surface area contributed by atoms with Gasteiger partial charge in [-0.3, -0.25) is 9.89 Å².